The van der Waals surface area contributed by atoms with E-state index in [1.807, 2.05) is 6.92 Å². The molecule has 27 heavy (non-hydrogen) atoms. The van der Waals surface area contributed by atoms with Crippen molar-refractivity contribution in [1.82, 2.24) is 5.32 Å². The Labute approximate surface area is 154 Å². The predicted octanol–water partition coefficient (Wildman–Crippen LogP) is 3.75. The Morgan fingerprint density at radius 3 is 1.89 bits per heavy atom. The molecule has 1 fully saturated rings. The summed E-state index contributed by atoms with van der Waals surface area (Å²) in [5, 5.41) is 38.0. The number of non-ortho nitro benzene ring substituents is 2. The van der Waals surface area contributed by atoms with Gasteiger partial charge in [-0.1, -0.05) is 36.3 Å². The van der Waals surface area contributed by atoms with Gasteiger partial charge < -0.3 is 10.5 Å². The van der Waals surface area contributed by atoms with Gasteiger partial charge in [0.05, 0.1) is 15.6 Å². The molecule has 2 aromatic rings. The summed E-state index contributed by atoms with van der Waals surface area (Å²) in [4.78, 5) is 20.8. The molecule has 3 rings (SSSR count). The van der Waals surface area contributed by atoms with Crippen LogP contribution in [0.5, 0.6) is 0 Å². The van der Waals surface area contributed by atoms with Crippen LogP contribution in [0.15, 0.2) is 53.7 Å². The van der Waals surface area contributed by atoms with E-state index in [4.69, 9.17) is 0 Å². The highest BCUT2D eigenvalue weighted by molar-refractivity contribution is 5.88. The Kier molecular flexibility index (Phi) is 5.13. The van der Waals surface area contributed by atoms with Crippen LogP contribution in [0.4, 0.5) is 11.4 Å². The highest BCUT2D eigenvalue weighted by Gasteiger charge is 2.34. The van der Waals surface area contributed by atoms with Gasteiger partial charge in [0.25, 0.3) is 11.4 Å². The molecule has 9 nitrogen and oxygen atoms in total. The molecular weight excluding hydrogens is 352 g/mol. The summed E-state index contributed by atoms with van der Waals surface area (Å²) in [6.07, 6.45) is 0.457. The third kappa shape index (κ3) is 3.77. The maximum atomic E-state index is 10.9. The lowest BCUT2D eigenvalue weighted by Gasteiger charge is -2.37. The number of nitrogens with one attached hydrogen (secondary N) is 1. The van der Waals surface area contributed by atoms with E-state index in [1.54, 1.807) is 24.3 Å². The van der Waals surface area contributed by atoms with Crippen molar-refractivity contribution in [3.63, 3.8) is 0 Å². The fraction of sp³-hybridized carbons (Fsp3) is 0.278. The SMILES string of the molecule is C[C@@H]1/C(=N/O)C[C@@H](c2ccc([N+](=O)[O-])cc2)N[C@H]1c1ccc([N+](=O)[O-])cc1. The molecule has 0 unspecified atom stereocenters. The van der Waals surface area contributed by atoms with Gasteiger partial charge in [-0.25, -0.2) is 0 Å². The number of rotatable bonds is 4. The first-order chi connectivity index (χ1) is 12.9. The second kappa shape index (κ2) is 7.50. The zero-order valence-electron chi connectivity index (χ0n) is 14.5. The summed E-state index contributed by atoms with van der Waals surface area (Å²) in [6.45, 7) is 1.92. The van der Waals surface area contributed by atoms with Crippen LogP contribution in [0.2, 0.25) is 0 Å². The van der Waals surface area contributed by atoms with Gasteiger partial charge in [0.1, 0.15) is 0 Å². The van der Waals surface area contributed by atoms with Gasteiger partial charge in [0.15, 0.2) is 0 Å². The molecule has 2 aromatic carbocycles. The molecule has 1 heterocycles. The first-order valence-electron chi connectivity index (χ1n) is 8.36. The van der Waals surface area contributed by atoms with Crippen LogP contribution < -0.4 is 5.32 Å². The largest absolute Gasteiger partial charge is 0.411 e. The van der Waals surface area contributed by atoms with Crippen molar-refractivity contribution in [2.45, 2.75) is 25.4 Å². The molecule has 2 N–H and O–H groups in total. The number of nitro benzene ring substituents is 2. The van der Waals surface area contributed by atoms with Crippen molar-refractivity contribution >= 4 is 17.1 Å². The van der Waals surface area contributed by atoms with Gasteiger partial charge in [0.2, 0.25) is 0 Å². The van der Waals surface area contributed by atoms with Gasteiger partial charge in [0, 0.05) is 48.7 Å². The van der Waals surface area contributed by atoms with Crippen LogP contribution >= 0.6 is 0 Å². The highest BCUT2D eigenvalue weighted by atomic mass is 16.6. The average Bonchev–Trinajstić information content (AvgIpc) is 2.68. The molecule has 1 aliphatic rings. The molecular formula is C18H18N4O5. The number of hydrogen-bond donors (Lipinski definition) is 2. The van der Waals surface area contributed by atoms with E-state index in [2.05, 4.69) is 10.5 Å². The minimum Gasteiger partial charge on any atom is -0.411 e. The molecule has 140 valence electrons. The van der Waals surface area contributed by atoms with Crippen LogP contribution in [0.3, 0.4) is 0 Å². The van der Waals surface area contributed by atoms with Crippen molar-refractivity contribution < 1.29 is 15.1 Å². The molecule has 0 saturated carbocycles. The van der Waals surface area contributed by atoms with Gasteiger partial charge in [-0.15, -0.1) is 0 Å². The van der Waals surface area contributed by atoms with Crippen LogP contribution in [0.25, 0.3) is 0 Å². The van der Waals surface area contributed by atoms with Crippen LogP contribution in [0.1, 0.15) is 36.6 Å². The maximum Gasteiger partial charge on any atom is 0.269 e. The summed E-state index contributed by atoms with van der Waals surface area (Å²) < 4.78 is 0. The van der Waals surface area contributed by atoms with E-state index < -0.39 is 9.85 Å². The monoisotopic (exact) mass is 370 g/mol. The maximum absolute atomic E-state index is 10.9. The minimum atomic E-state index is -0.458. The van der Waals surface area contributed by atoms with E-state index in [-0.39, 0.29) is 29.4 Å². The normalized spacial score (nSPS) is 23.9. The van der Waals surface area contributed by atoms with Gasteiger partial charge >= 0.3 is 0 Å². The second-order valence-corrected chi connectivity index (χ2v) is 6.48. The third-order valence-electron chi connectivity index (χ3n) is 4.92. The molecule has 0 radical (unpaired) electrons. The molecule has 0 bridgehead atoms. The number of piperidine rings is 1. The molecule has 0 spiro atoms. The number of nitrogens with zero attached hydrogens (tertiary/aromatic N) is 3. The van der Waals surface area contributed by atoms with E-state index >= 15 is 0 Å². The van der Waals surface area contributed by atoms with Crippen molar-refractivity contribution in [3.05, 3.63) is 79.9 Å². The van der Waals surface area contributed by atoms with E-state index in [0.29, 0.717) is 12.1 Å². The quantitative estimate of drug-likeness (QED) is 0.479. The summed E-state index contributed by atoms with van der Waals surface area (Å²) in [5.74, 6) is -0.120. The highest BCUT2D eigenvalue weighted by Crippen LogP contribution is 2.36. The summed E-state index contributed by atoms with van der Waals surface area (Å²) >= 11 is 0. The summed E-state index contributed by atoms with van der Waals surface area (Å²) in [7, 11) is 0. The molecule has 1 saturated heterocycles. The summed E-state index contributed by atoms with van der Waals surface area (Å²) in [6, 6.07) is 12.0. The standard InChI is InChI=1S/C18H18N4O5/c1-11-16(20-23)10-17(12-2-6-14(7-3-12)21(24)25)19-18(11)13-4-8-15(9-5-13)22(26)27/h2-9,11,17-19,23H,10H2,1H3/b20-16+/t11-,17+,18-/m1/s1. The van der Waals surface area contributed by atoms with Crippen molar-refractivity contribution in [3.8, 4) is 0 Å². The van der Waals surface area contributed by atoms with Crippen LogP contribution in [0, 0.1) is 26.1 Å². The van der Waals surface area contributed by atoms with Crippen LogP contribution in [-0.2, 0) is 0 Å². The molecule has 0 amide bonds. The Bertz CT molecular complexity index is 880. The molecule has 1 aliphatic heterocycles. The van der Waals surface area contributed by atoms with E-state index in [9.17, 15) is 25.4 Å². The Balaban J connectivity index is 1.89. The zero-order valence-corrected chi connectivity index (χ0v) is 14.5. The number of nitro groups is 2. The van der Waals surface area contributed by atoms with E-state index in [1.165, 1.54) is 24.3 Å². The lowest BCUT2D eigenvalue weighted by molar-refractivity contribution is -0.385. The van der Waals surface area contributed by atoms with Crippen molar-refractivity contribution in [1.29, 1.82) is 0 Å². The predicted molar refractivity (Wildman–Crippen MR) is 97.8 cm³/mol. The number of benzene rings is 2. The van der Waals surface area contributed by atoms with Gasteiger partial charge in [-0.2, -0.15) is 0 Å². The number of oxime groups is 1. The fourth-order valence-electron chi connectivity index (χ4n) is 3.37. The summed E-state index contributed by atoms with van der Waals surface area (Å²) in [5.41, 5.74) is 2.28. The van der Waals surface area contributed by atoms with Crippen molar-refractivity contribution in [2.24, 2.45) is 11.1 Å². The second-order valence-electron chi connectivity index (χ2n) is 6.48. The van der Waals surface area contributed by atoms with Crippen LogP contribution in [-0.4, -0.2) is 20.8 Å². The topological polar surface area (TPSA) is 131 Å². The smallest absolute Gasteiger partial charge is 0.269 e. The number of hydrogen-bond acceptors (Lipinski definition) is 7. The lowest BCUT2D eigenvalue weighted by Crippen LogP contribution is -2.41. The van der Waals surface area contributed by atoms with Gasteiger partial charge in [-0.3, -0.25) is 20.2 Å². The first-order valence-corrected chi connectivity index (χ1v) is 8.36. The minimum absolute atomic E-state index is 0.00480. The fourth-order valence-corrected chi connectivity index (χ4v) is 3.37. The Hall–Kier alpha value is -3.33. The lowest BCUT2D eigenvalue weighted by atomic mass is 9.81. The van der Waals surface area contributed by atoms with Crippen molar-refractivity contribution in [2.75, 3.05) is 0 Å². The van der Waals surface area contributed by atoms with E-state index in [0.717, 1.165) is 11.1 Å². The van der Waals surface area contributed by atoms with Gasteiger partial charge in [-0.05, 0) is 11.1 Å². The molecule has 3 atom stereocenters. The zero-order chi connectivity index (χ0) is 19.6. The molecule has 9 heteroatoms. The Morgan fingerprint density at radius 1 is 0.963 bits per heavy atom. The average molecular weight is 370 g/mol. The Morgan fingerprint density at radius 2 is 1.44 bits per heavy atom. The third-order valence-corrected chi connectivity index (χ3v) is 4.92. The molecule has 0 aliphatic carbocycles. The molecule has 0 aromatic heterocycles. The first kappa shape index (κ1) is 18.5.